The van der Waals surface area contributed by atoms with Crippen molar-refractivity contribution in [1.29, 1.82) is 0 Å². The summed E-state index contributed by atoms with van der Waals surface area (Å²) in [5.74, 6) is 2.52. The van der Waals surface area contributed by atoms with Crippen LogP contribution in [0.25, 0.3) is 6.08 Å². The van der Waals surface area contributed by atoms with E-state index in [1.165, 1.54) is 37.7 Å². The van der Waals surface area contributed by atoms with Gasteiger partial charge in [0.1, 0.15) is 0 Å². The summed E-state index contributed by atoms with van der Waals surface area (Å²) in [6, 6.07) is 13.8. The summed E-state index contributed by atoms with van der Waals surface area (Å²) in [6.45, 7) is 2.29. The molecule has 0 radical (unpaired) electrons. The minimum atomic E-state index is -0.471. The summed E-state index contributed by atoms with van der Waals surface area (Å²) in [5.41, 5.74) is 3.11. The highest BCUT2D eigenvalue weighted by Gasteiger charge is 2.26. The Balaban J connectivity index is 1.53. The fourth-order valence-corrected chi connectivity index (χ4v) is 4.51. The normalized spacial score (nSPS) is 22.2. The minimum absolute atomic E-state index is 0.239. The number of ether oxygens (including phenoxy) is 3. The number of methoxy groups -OCH3 is 2. The van der Waals surface area contributed by atoms with Crippen molar-refractivity contribution in [3.63, 3.8) is 0 Å². The number of carbonyl (C=O) groups excluding carboxylic acids is 1. The molecule has 0 bridgehead atoms. The van der Waals surface area contributed by atoms with E-state index in [1.807, 2.05) is 24.3 Å². The Kier molecular flexibility index (Phi) is 6.40. The van der Waals surface area contributed by atoms with Crippen LogP contribution in [0.3, 0.4) is 0 Å². The molecule has 1 fully saturated rings. The molecule has 2 aromatic carbocycles. The molecule has 0 spiro atoms. The van der Waals surface area contributed by atoms with E-state index in [0.717, 1.165) is 11.5 Å². The van der Waals surface area contributed by atoms with Crippen LogP contribution in [0.2, 0.25) is 0 Å². The number of rotatable bonds is 6. The molecule has 1 aliphatic heterocycles. The van der Waals surface area contributed by atoms with Crippen LogP contribution in [0.15, 0.2) is 53.2 Å². The third kappa shape index (κ3) is 4.50. The topological polar surface area (TPSA) is 57.1 Å². The third-order valence-electron chi connectivity index (χ3n) is 6.40. The van der Waals surface area contributed by atoms with Crippen molar-refractivity contribution in [3.8, 4) is 11.5 Å². The number of para-hydroxylation sites is 1. The number of carbonyl (C=O) groups is 1. The van der Waals surface area contributed by atoms with Gasteiger partial charge in [-0.05, 0) is 67.4 Å². The van der Waals surface area contributed by atoms with Crippen molar-refractivity contribution in [2.75, 3.05) is 14.2 Å². The largest absolute Gasteiger partial charge is 0.493 e. The van der Waals surface area contributed by atoms with E-state index in [2.05, 4.69) is 24.0 Å². The van der Waals surface area contributed by atoms with E-state index in [4.69, 9.17) is 14.2 Å². The highest BCUT2D eigenvalue weighted by molar-refractivity contribution is 6.13. The monoisotopic (exact) mass is 419 g/mol. The van der Waals surface area contributed by atoms with Crippen molar-refractivity contribution in [2.45, 2.75) is 44.9 Å². The second-order valence-electron chi connectivity index (χ2n) is 8.17. The van der Waals surface area contributed by atoms with Crippen LogP contribution in [0.4, 0.5) is 0 Å². The third-order valence-corrected chi connectivity index (χ3v) is 6.40. The van der Waals surface area contributed by atoms with Gasteiger partial charge in [-0.3, -0.25) is 0 Å². The van der Waals surface area contributed by atoms with Gasteiger partial charge in [-0.1, -0.05) is 37.6 Å². The first-order valence-corrected chi connectivity index (χ1v) is 11.0. The van der Waals surface area contributed by atoms with Gasteiger partial charge in [0.2, 0.25) is 5.90 Å². The number of esters is 1. The Bertz CT molecular complexity index is 999. The Morgan fingerprint density at radius 1 is 1.03 bits per heavy atom. The molecule has 0 atom stereocenters. The fourth-order valence-electron chi connectivity index (χ4n) is 4.51. The van der Waals surface area contributed by atoms with Crippen molar-refractivity contribution < 1.29 is 19.0 Å². The summed E-state index contributed by atoms with van der Waals surface area (Å²) in [5, 5.41) is 0. The molecule has 162 valence electrons. The van der Waals surface area contributed by atoms with Crippen LogP contribution in [-0.4, -0.2) is 26.1 Å². The van der Waals surface area contributed by atoms with Gasteiger partial charge in [0.25, 0.3) is 0 Å². The maximum Gasteiger partial charge on any atom is 0.363 e. The first-order chi connectivity index (χ1) is 15.1. The summed E-state index contributed by atoms with van der Waals surface area (Å²) in [4.78, 5) is 16.9. The van der Waals surface area contributed by atoms with Gasteiger partial charge in [-0.15, -0.1) is 0 Å². The highest BCUT2D eigenvalue weighted by Crippen LogP contribution is 2.37. The zero-order valence-corrected chi connectivity index (χ0v) is 18.4. The SMILES string of the molecule is CCC1CCC(c2ccc(C3=NC(=Cc4cccc(OC)c4OC)C(=O)O3)cc2)CC1. The van der Waals surface area contributed by atoms with Crippen LogP contribution >= 0.6 is 0 Å². The molecule has 31 heavy (non-hydrogen) atoms. The summed E-state index contributed by atoms with van der Waals surface area (Å²) >= 11 is 0. The second-order valence-corrected chi connectivity index (χ2v) is 8.17. The smallest absolute Gasteiger partial charge is 0.363 e. The van der Waals surface area contributed by atoms with Gasteiger partial charge in [-0.25, -0.2) is 9.79 Å². The van der Waals surface area contributed by atoms with E-state index in [0.29, 0.717) is 28.9 Å². The molecular formula is C26H29NO4. The molecule has 1 heterocycles. The molecule has 0 unspecified atom stereocenters. The molecule has 0 N–H and O–H groups in total. The molecule has 5 heteroatoms. The molecule has 1 aliphatic carbocycles. The van der Waals surface area contributed by atoms with Crippen LogP contribution in [0.1, 0.15) is 61.6 Å². The Hall–Kier alpha value is -3.08. The number of hydrogen-bond acceptors (Lipinski definition) is 5. The van der Waals surface area contributed by atoms with Gasteiger partial charge in [0, 0.05) is 11.1 Å². The second kappa shape index (κ2) is 9.38. The van der Waals surface area contributed by atoms with Gasteiger partial charge in [0.05, 0.1) is 14.2 Å². The highest BCUT2D eigenvalue weighted by atomic mass is 16.6. The average molecular weight is 420 g/mol. The minimum Gasteiger partial charge on any atom is -0.493 e. The van der Waals surface area contributed by atoms with E-state index >= 15 is 0 Å². The molecule has 1 saturated carbocycles. The zero-order valence-electron chi connectivity index (χ0n) is 18.4. The van der Waals surface area contributed by atoms with Gasteiger partial charge in [-0.2, -0.15) is 0 Å². The Morgan fingerprint density at radius 3 is 2.42 bits per heavy atom. The van der Waals surface area contributed by atoms with Crippen LogP contribution in [0, 0.1) is 5.92 Å². The molecule has 0 amide bonds. The average Bonchev–Trinajstić information content (AvgIpc) is 3.19. The summed E-state index contributed by atoms with van der Waals surface area (Å²) < 4.78 is 16.2. The number of benzene rings is 2. The zero-order chi connectivity index (χ0) is 21.8. The quantitative estimate of drug-likeness (QED) is 0.443. The molecule has 0 aromatic heterocycles. The lowest BCUT2D eigenvalue weighted by molar-refractivity contribution is -0.129. The van der Waals surface area contributed by atoms with Crippen molar-refractivity contribution >= 4 is 17.9 Å². The predicted molar refractivity (Wildman–Crippen MR) is 122 cm³/mol. The summed E-state index contributed by atoms with van der Waals surface area (Å²) in [6.07, 6.45) is 8.09. The molecule has 0 saturated heterocycles. The van der Waals surface area contributed by atoms with E-state index in [9.17, 15) is 4.79 Å². The molecule has 4 rings (SSSR count). The summed E-state index contributed by atoms with van der Waals surface area (Å²) in [7, 11) is 3.14. The maximum absolute atomic E-state index is 12.4. The lowest BCUT2D eigenvalue weighted by atomic mass is 9.78. The van der Waals surface area contributed by atoms with E-state index in [1.54, 1.807) is 26.4 Å². The van der Waals surface area contributed by atoms with Gasteiger partial charge in [0.15, 0.2) is 17.2 Å². The van der Waals surface area contributed by atoms with Crippen molar-refractivity contribution in [2.24, 2.45) is 10.9 Å². The number of aliphatic imine (C=N–C) groups is 1. The van der Waals surface area contributed by atoms with Gasteiger partial charge >= 0.3 is 5.97 Å². The number of cyclic esters (lactones) is 1. The van der Waals surface area contributed by atoms with Crippen molar-refractivity contribution in [3.05, 3.63) is 64.9 Å². The molecule has 2 aliphatic rings. The first-order valence-electron chi connectivity index (χ1n) is 11.0. The van der Waals surface area contributed by atoms with Crippen LogP contribution in [0.5, 0.6) is 11.5 Å². The maximum atomic E-state index is 12.4. The van der Waals surface area contributed by atoms with E-state index in [-0.39, 0.29) is 5.70 Å². The van der Waals surface area contributed by atoms with Crippen LogP contribution in [-0.2, 0) is 9.53 Å². The first kappa shape index (κ1) is 21.2. The van der Waals surface area contributed by atoms with E-state index < -0.39 is 5.97 Å². The lowest BCUT2D eigenvalue weighted by Gasteiger charge is -2.28. The predicted octanol–water partition coefficient (Wildman–Crippen LogP) is 5.73. The molecular weight excluding hydrogens is 390 g/mol. The van der Waals surface area contributed by atoms with Crippen molar-refractivity contribution in [1.82, 2.24) is 0 Å². The van der Waals surface area contributed by atoms with Gasteiger partial charge < -0.3 is 14.2 Å². The Morgan fingerprint density at radius 2 is 1.77 bits per heavy atom. The lowest BCUT2D eigenvalue weighted by Crippen LogP contribution is -2.13. The standard InChI is InChI=1S/C26H29NO4/c1-4-17-8-10-18(11-9-17)19-12-14-20(15-13-19)25-27-22(26(28)31-25)16-21-6-5-7-23(29-2)24(21)30-3/h5-7,12-18H,4,8-11H2,1-3H3. The molecule has 5 nitrogen and oxygen atoms in total. The number of nitrogens with zero attached hydrogens (tertiary/aromatic N) is 1. The Labute approximate surface area is 183 Å². The number of hydrogen-bond donors (Lipinski definition) is 0. The molecule has 2 aromatic rings. The van der Waals surface area contributed by atoms with Crippen LogP contribution < -0.4 is 9.47 Å². The fraction of sp³-hybridized carbons (Fsp3) is 0.385.